The molecule has 0 spiro atoms. The molecule has 3 rings (SSSR count). The second kappa shape index (κ2) is 8.30. The van der Waals surface area contributed by atoms with Crippen molar-refractivity contribution >= 4 is 17.5 Å². The number of benzene rings is 2. The molecule has 7 heteroatoms. The van der Waals surface area contributed by atoms with Crippen molar-refractivity contribution in [2.24, 2.45) is 0 Å². The Morgan fingerprint density at radius 3 is 2.52 bits per heavy atom. The van der Waals surface area contributed by atoms with Crippen LogP contribution in [0, 0.1) is 0 Å². The largest absolute Gasteiger partial charge is 0.299 e. The third-order valence-electron chi connectivity index (χ3n) is 4.85. The first kappa shape index (κ1) is 19.0. The van der Waals surface area contributed by atoms with Gasteiger partial charge in [0, 0.05) is 24.2 Å². The average Bonchev–Trinajstić information content (AvgIpc) is 2.73. The molecule has 1 heterocycles. The van der Waals surface area contributed by atoms with Gasteiger partial charge in [0.05, 0.1) is 12.8 Å². The van der Waals surface area contributed by atoms with E-state index in [9.17, 15) is 9.59 Å². The van der Waals surface area contributed by atoms with E-state index in [1.54, 1.807) is 5.48 Å². The quantitative estimate of drug-likeness (QED) is 0.625. The molecule has 0 radical (unpaired) electrons. The Bertz CT molecular complexity index is 836. The molecule has 0 aromatic heterocycles. The fraction of sp³-hybridized carbons (Fsp3) is 0.300. The Morgan fingerprint density at radius 1 is 1.19 bits per heavy atom. The number of fused-ring (bicyclic) bond motifs is 1. The number of anilines is 1. The topological polar surface area (TPSA) is 82.1 Å². The highest BCUT2D eigenvalue weighted by molar-refractivity contribution is 6.05. The number of rotatable bonds is 5. The van der Waals surface area contributed by atoms with Gasteiger partial charge in [-0.1, -0.05) is 19.1 Å². The number of amides is 2. The first-order valence-corrected chi connectivity index (χ1v) is 8.85. The van der Waals surface area contributed by atoms with Gasteiger partial charge in [-0.2, -0.15) is 5.06 Å². The first-order valence-electron chi connectivity index (χ1n) is 8.85. The van der Waals surface area contributed by atoms with Crippen LogP contribution in [0.3, 0.4) is 0 Å². The van der Waals surface area contributed by atoms with Crippen LogP contribution in [0.5, 0.6) is 0 Å². The molecule has 0 bridgehead atoms. The predicted molar refractivity (Wildman–Crippen MR) is 101 cm³/mol. The summed E-state index contributed by atoms with van der Waals surface area (Å²) in [4.78, 5) is 32.2. The van der Waals surface area contributed by atoms with Crippen molar-refractivity contribution in [1.82, 2.24) is 10.4 Å². The Hall–Kier alpha value is -2.74. The zero-order valence-corrected chi connectivity index (χ0v) is 15.4. The second-order valence-electron chi connectivity index (χ2n) is 6.33. The van der Waals surface area contributed by atoms with E-state index < -0.39 is 5.91 Å². The zero-order valence-electron chi connectivity index (χ0n) is 15.4. The summed E-state index contributed by atoms with van der Waals surface area (Å²) in [5.74, 6) is -0.949. The number of hydrogen-bond donors (Lipinski definition) is 2. The van der Waals surface area contributed by atoms with Gasteiger partial charge in [-0.3, -0.25) is 24.5 Å². The van der Waals surface area contributed by atoms with Crippen molar-refractivity contribution in [1.29, 1.82) is 0 Å². The van der Waals surface area contributed by atoms with Crippen LogP contribution < -0.4 is 10.5 Å². The van der Waals surface area contributed by atoms with Gasteiger partial charge in [0.2, 0.25) is 0 Å². The van der Waals surface area contributed by atoms with E-state index in [0.29, 0.717) is 5.56 Å². The summed E-state index contributed by atoms with van der Waals surface area (Å²) in [5.41, 5.74) is 5.27. The number of hydroxylamine groups is 2. The lowest BCUT2D eigenvalue weighted by molar-refractivity contribution is 0.0705. The van der Waals surface area contributed by atoms with E-state index in [1.165, 1.54) is 42.0 Å². The molecule has 2 aromatic rings. The summed E-state index contributed by atoms with van der Waals surface area (Å²) in [7, 11) is 1.46. The second-order valence-corrected chi connectivity index (χ2v) is 6.33. The van der Waals surface area contributed by atoms with Gasteiger partial charge in [0.25, 0.3) is 11.8 Å². The van der Waals surface area contributed by atoms with Crippen LogP contribution in [0.4, 0.5) is 5.69 Å². The molecule has 0 saturated carbocycles. The van der Waals surface area contributed by atoms with Gasteiger partial charge in [0.15, 0.2) is 0 Å². The average molecular weight is 369 g/mol. The lowest BCUT2D eigenvalue weighted by Gasteiger charge is -2.31. The third kappa shape index (κ3) is 3.85. The standard InChI is InChI=1S/C20H23N3O4/c1-3-22-12-11-17-16(13-22)5-4-6-18(17)23(27-2)20(25)15-9-7-14(8-10-15)19(24)21-26/h4-10,26H,3,11-13H2,1-2H3,(H,21,24). The third-order valence-corrected chi connectivity index (χ3v) is 4.85. The highest BCUT2D eigenvalue weighted by Crippen LogP contribution is 2.30. The number of nitrogens with one attached hydrogen (secondary N) is 1. The molecule has 2 N–H and O–H groups in total. The minimum Gasteiger partial charge on any atom is -0.299 e. The van der Waals surface area contributed by atoms with Crippen LogP contribution in [-0.4, -0.2) is 42.1 Å². The van der Waals surface area contributed by atoms with Crippen molar-refractivity contribution < 1.29 is 19.6 Å². The Kier molecular flexibility index (Phi) is 5.85. The molecule has 0 fully saturated rings. The summed E-state index contributed by atoms with van der Waals surface area (Å²) in [5, 5.41) is 9.99. The van der Waals surface area contributed by atoms with Crippen molar-refractivity contribution in [3.63, 3.8) is 0 Å². The van der Waals surface area contributed by atoms with Crippen LogP contribution in [0.1, 0.15) is 38.8 Å². The molecular formula is C20H23N3O4. The highest BCUT2D eigenvalue weighted by atomic mass is 16.7. The number of likely N-dealkylation sites (N-methyl/N-ethyl adjacent to an activating group) is 1. The lowest BCUT2D eigenvalue weighted by Crippen LogP contribution is -2.34. The van der Waals surface area contributed by atoms with E-state index in [4.69, 9.17) is 10.0 Å². The number of hydrogen-bond acceptors (Lipinski definition) is 5. The van der Waals surface area contributed by atoms with Crippen LogP contribution in [0.15, 0.2) is 42.5 Å². The Morgan fingerprint density at radius 2 is 1.89 bits per heavy atom. The van der Waals surface area contributed by atoms with Crippen LogP contribution in [-0.2, 0) is 17.8 Å². The maximum Gasteiger partial charge on any atom is 0.282 e. The monoisotopic (exact) mass is 369 g/mol. The Labute approximate surface area is 158 Å². The van der Waals surface area contributed by atoms with E-state index in [2.05, 4.69) is 17.9 Å². The van der Waals surface area contributed by atoms with Crippen LogP contribution in [0.2, 0.25) is 0 Å². The highest BCUT2D eigenvalue weighted by Gasteiger charge is 2.25. The summed E-state index contributed by atoms with van der Waals surface area (Å²) in [6, 6.07) is 11.9. The minimum atomic E-state index is -0.629. The lowest BCUT2D eigenvalue weighted by atomic mass is 9.97. The molecule has 0 saturated heterocycles. The van der Waals surface area contributed by atoms with Crippen LogP contribution >= 0.6 is 0 Å². The summed E-state index contributed by atoms with van der Waals surface area (Å²) < 4.78 is 0. The number of carbonyl (C=O) groups is 2. The molecule has 0 atom stereocenters. The molecule has 0 unspecified atom stereocenters. The van der Waals surface area contributed by atoms with Crippen molar-refractivity contribution in [2.75, 3.05) is 25.3 Å². The van der Waals surface area contributed by atoms with Crippen molar-refractivity contribution in [2.45, 2.75) is 19.9 Å². The summed E-state index contributed by atoms with van der Waals surface area (Å²) in [6.45, 7) is 4.93. The van der Waals surface area contributed by atoms with Gasteiger partial charge >= 0.3 is 0 Å². The SMILES string of the molecule is CCN1CCc2c(cccc2N(OC)C(=O)c2ccc(C(=O)NO)cc2)C1. The molecular weight excluding hydrogens is 346 g/mol. The summed E-state index contributed by atoms with van der Waals surface area (Å²) in [6.07, 6.45) is 0.849. The Balaban J connectivity index is 1.89. The van der Waals surface area contributed by atoms with Crippen molar-refractivity contribution in [3.05, 3.63) is 64.7 Å². The van der Waals surface area contributed by atoms with Gasteiger partial charge < -0.3 is 0 Å². The molecule has 2 amide bonds. The normalized spacial score (nSPS) is 13.7. The molecule has 2 aromatic carbocycles. The number of carbonyl (C=O) groups excluding carboxylic acids is 2. The van der Waals surface area contributed by atoms with Gasteiger partial charge in [-0.05, 0) is 54.4 Å². The zero-order chi connectivity index (χ0) is 19.4. The van der Waals surface area contributed by atoms with Gasteiger partial charge in [0.1, 0.15) is 0 Å². The maximum atomic E-state index is 13.0. The van der Waals surface area contributed by atoms with E-state index in [1.807, 2.05) is 12.1 Å². The fourth-order valence-corrected chi connectivity index (χ4v) is 3.34. The fourth-order valence-electron chi connectivity index (χ4n) is 3.34. The predicted octanol–water partition coefficient (Wildman–Crippen LogP) is 2.39. The number of nitrogens with zero attached hydrogens (tertiary/aromatic N) is 2. The van der Waals surface area contributed by atoms with E-state index in [0.717, 1.165) is 37.3 Å². The van der Waals surface area contributed by atoms with E-state index >= 15 is 0 Å². The minimum absolute atomic E-state index is 0.259. The maximum absolute atomic E-state index is 13.0. The van der Waals surface area contributed by atoms with Crippen LogP contribution in [0.25, 0.3) is 0 Å². The smallest absolute Gasteiger partial charge is 0.282 e. The molecule has 7 nitrogen and oxygen atoms in total. The molecule has 1 aliphatic heterocycles. The molecule has 142 valence electrons. The van der Waals surface area contributed by atoms with Gasteiger partial charge in [-0.15, -0.1) is 0 Å². The van der Waals surface area contributed by atoms with E-state index in [-0.39, 0.29) is 11.5 Å². The molecule has 0 aliphatic carbocycles. The van der Waals surface area contributed by atoms with Crippen molar-refractivity contribution in [3.8, 4) is 0 Å². The molecule has 27 heavy (non-hydrogen) atoms. The summed E-state index contributed by atoms with van der Waals surface area (Å²) >= 11 is 0. The first-order chi connectivity index (χ1) is 13.1. The van der Waals surface area contributed by atoms with Gasteiger partial charge in [-0.25, -0.2) is 5.48 Å². The molecule has 1 aliphatic rings.